The second kappa shape index (κ2) is 6.38. The maximum absolute atomic E-state index is 9.49. The molecule has 0 spiro atoms. The Hall–Kier alpha value is -0.810. The molecule has 1 aliphatic carbocycles. The molecule has 0 unspecified atom stereocenters. The molecule has 0 amide bonds. The predicted molar refractivity (Wildman–Crippen MR) is 72.7 cm³/mol. The standard InChI is InChI=1S/C13H27N3O2/c1-12(2,11(14)16-18)7-8-15-9-13(10-17)5-3-4-6-13/h15,17-18H,3-10H2,1-2H3,(H2,14,16). The van der Waals surface area contributed by atoms with Crippen molar-refractivity contribution in [2.45, 2.75) is 46.0 Å². The minimum absolute atomic E-state index is 0.0841. The van der Waals surface area contributed by atoms with Crippen LogP contribution < -0.4 is 11.1 Å². The first-order valence-electron chi connectivity index (χ1n) is 6.75. The Morgan fingerprint density at radius 3 is 2.50 bits per heavy atom. The molecule has 5 nitrogen and oxygen atoms in total. The second-order valence-electron chi connectivity index (χ2n) is 6.16. The minimum Gasteiger partial charge on any atom is -0.409 e. The number of oxime groups is 1. The van der Waals surface area contributed by atoms with Crippen LogP contribution in [-0.2, 0) is 0 Å². The fourth-order valence-electron chi connectivity index (χ4n) is 2.53. The van der Waals surface area contributed by atoms with Gasteiger partial charge in [-0.25, -0.2) is 0 Å². The highest BCUT2D eigenvalue weighted by atomic mass is 16.4. The summed E-state index contributed by atoms with van der Waals surface area (Å²) in [6, 6.07) is 0. The first-order valence-corrected chi connectivity index (χ1v) is 6.75. The number of hydrogen-bond donors (Lipinski definition) is 4. The highest BCUT2D eigenvalue weighted by molar-refractivity contribution is 5.85. The lowest BCUT2D eigenvalue weighted by Gasteiger charge is -2.28. The van der Waals surface area contributed by atoms with Crippen LogP contribution in [-0.4, -0.2) is 35.8 Å². The first kappa shape index (κ1) is 15.2. The molecule has 0 heterocycles. The topological polar surface area (TPSA) is 90.9 Å². The molecule has 5 heteroatoms. The number of aliphatic hydroxyl groups is 1. The van der Waals surface area contributed by atoms with E-state index in [9.17, 15) is 5.11 Å². The molecule has 0 aromatic heterocycles. The second-order valence-corrected chi connectivity index (χ2v) is 6.16. The Kier molecular flexibility index (Phi) is 5.41. The molecule has 0 saturated heterocycles. The van der Waals surface area contributed by atoms with Gasteiger partial charge in [-0.05, 0) is 25.8 Å². The van der Waals surface area contributed by atoms with Gasteiger partial charge >= 0.3 is 0 Å². The third-order valence-electron chi connectivity index (χ3n) is 4.23. The highest BCUT2D eigenvalue weighted by Crippen LogP contribution is 2.36. The molecule has 0 bridgehead atoms. The van der Waals surface area contributed by atoms with Gasteiger partial charge in [0.25, 0.3) is 0 Å². The van der Waals surface area contributed by atoms with Crippen molar-refractivity contribution in [2.24, 2.45) is 21.7 Å². The van der Waals surface area contributed by atoms with E-state index in [0.717, 1.165) is 32.4 Å². The van der Waals surface area contributed by atoms with Crippen LogP contribution >= 0.6 is 0 Å². The summed E-state index contributed by atoms with van der Waals surface area (Å²) < 4.78 is 0. The number of nitrogens with zero attached hydrogens (tertiary/aromatic N) is 1. The third-order valence-corrected chi connectivity index (χ3v) is 4.23. The van der Waals surface area contributed by atoms with Crippen molar-refractivity contribution in [3.8, 4) is 0 Å². The summed E-state index contributed by atoms with van der Waals surface area (Å²) in [5.74, 6) is 0.266. The predicted octanol–water partition coefficient (Wildman–Crippen LogP) is 1.29. The molecule has 0 aliphatic heterocycles. The summed E-state index contributed by atoms with van der Waals surface area (Å²) in [5.41, 5.74) is 5.42. The van der Waals surface area contributed by atoms with Crippen LogP contribution in [0.3, 0.4) is 0 Å². The Morgan fingerprint density at radius 1 is 1.39 bits per heavy atom. The Labute approximate surface area is 109 Å². The summed E-state index contributed by atoms with van der Waals surface area (Å²) in [6.45, 7) is 5.85. The number of nitrogens with two attached hydrogens (primary N) is 1. The van der Waals surface area contributed by atoms with Crippen LogP contribution in [0.4, 0.5) is 0 Å². The quantitative estimate of drug-likeness (QED) is 0.182. The molecule has 0 atom stereocenters. The smallest absolute Gasteiger partial charge is 0.144 e. The van der Waals surface area contributed by atoms with E-state index in [0.29, 0.717) is 0 Å². The van der Waals surface area contributed by atoms with Crippen molar-refractivity contribution < 1.29 is 10.3 Å². The largest absolute Gasteiger partial charge is 0.409 e. The van der Waals surface area contributed by atoms with Crippen LogP contribution in [0.15, 0.2) is 5.16 Å². The van der Waals surface area contributed by atoms with Gasteiger partial charge in [-0.3, -0.25) is 0 Å². The summed E-state index contributed by atoms with van der Waals surface area (Å²) >= 11 is 0. The van der Waals surface area contributed by atoms with E-state index >= 15 is 0 Å². The van der Waals surface area contributed by atoms with Gasteiger partial charge in [-0.2, -0.15) is 0 Å². The number of nitrogens with one attached hydrogen (secondary N) is 1. The molecule has 18 heavy (non-hydrogen) atoms. The van der Waals surface area contributed by atoms with Crippen LogP contribution in [0.1, 0.15) is 46.0 Å². The normalized spacial score (nSPS) is 20.3. The van der Waals surface area contributed by atoms with E-state index < -0.39 is 0 Å². The average molecular weight is 257 g/mol. The van der Waals surface area contributed by atoms with Crippen molar-refractivity contribution in [1.82, 2.24) is 5.32 Å². The van der Waals surface area contributed by atoms with Gasteiger partial charge in [0.1, 0.15) is 5.84 Å². The number of amidine groups is 1. The lowest BCUT2D eigenvalue weighted by Crippen LogP contribution is -2.39. The van der Waals surface area contributed by atoms with E-state index in [1.807, 2.05) is 13.8 Å². The van der Waals surface area contributed by atoms with Crippen LogP contribution in [0.25, 0.3) is 0 Å². The van der Waals surface area contributed by atoms with Crippen LogP contribution in [0.2, 0.25) is 0 Å². The van der Waals surface area contributed by atoms with Crippen molar-refractivity contribution >= 4 is 5.84 Å². The molecular weight excluding hydrogens is 230 g/mol. The fourth-order valence-corrected chi connectivity index (χ4v) is 2.53. The van der Waals surface area contributed by atoms with Crippen LogP contribution in [0, 0.1) is 10.8 Å². The zero-order valence-electron chi connectivity index (χ0n) is 11.6. The zero-order chi connectivity index (χ0) is 13.6. The first-order chi connectivity index (χ1) is 8.46. The van der Waals surface area contributed by atoms with Gasteiger partial charge in [-0.15, -0.1) is 0 Å². The number of hydrogen-bond acceptors (Lipinski definition) is 4. The highest BCUT2D eigenvalue weighted by Gasteiger charge is 2.32. The van der Waals surface area contributed by atoms with Gasteiger partial charge in [0.2, 0.25) is 0 Å². The fraction of sp³-hybridized carbons (Fsp3) is 0.923. The third kappa shape index (κ3) is 3.85. The van der Waals surface area contributed by atoms with E-state index in [2.05, 4.69) is 10.5 Å². The molecule has 1 rings (SSSR count). The summed E-state index contributed by atoms with van der Waals surface area (Å²) in [6.07, 6.45) is 5.47. The van der Waals surface area contributed by atoms with Gasteiger partial charge in [-0.1, -0.05) is 31.8 Å². The van der Waals surface area contributed by atoms with Crippen molar-refractivity contribution in [1.29, 1.82) is 0 Å². The Balaban J connectivity index is 2.30. The molecule has 1 aliphatic rings. The summed E-state index contributed by atoms with van der Waals surface area (Å²) in [4.78, 5) is 0. The van der Waals surface area contributed by atoms with Gasteiger partial charge in [0.05, 0.1) is 0 Å². The summed E-state index contributed by atoms with van der Waals surface area (Å²) in [5, 5.41) is 24.7. The lowest BCUT2D eigenvalue weighted by molar-refractivity contribution is 0.128. The maximum Gasteiger partial charge on any atom is 0.144 e. The molecule has 5 N–H and O–H groups in total. The van der Waals surface area contributed by atoms with E-state index in [-0.39, 0.29) is 23.3 Å². The molecule has 0 radical (unpaired) electrons. The molecular formula is C13H27N3O2. The van der Waals surface area contributed by atoms with Crippen molar-refractivity contribution in [3.05, 3.63) is 0 Å². The van der Waals surface area contributed by atoms with E-state index in [4.69, 9.17) is 10.9 Å². The molecule has 106 valence electrons. The van der Waals surface area contributed by atoms with Crippen LogP contribution in [0.5, 0.6) is 0 Å². The molecule has 1 saturated carbocycles. The molecule has 0 aromatic carbocycles. The maximum atomic E-state index is 9.49. The van der Waals surface area contributed by atoms with E-state index in [1.54, 1.807) is 0 Å². The van der Waals surface area contributed by atoms with Gasteiger partial charge < -0.3 is 21.4 Å². The lowest BCUT2D eigenvalue weighted by atomic mass is 9.86. The monoisotopic (exact) mass is 257 g/mol. The minimum atomic E-state index is -0.302. The summed E-state index contributed by atoms with van der Waals surface area (Å²) in [7, 11) is 0. The number of aliphatic hydroxyl groups excluding tert-OH is 1. The number of rotatable bonds is 7. The average Bonchev–Trinajstić information content (AvgIpc) is 2.83. The van der Waals surface area contributed by atoms with Crippen molar-refractivity contribution in [2.75, 3.05) is 19.7 Å². The Bertz CT molecular complexity index is 284. The SMILES string of the molecule is CC(C)(CCNCC1(CO)CCCC1)C(N)=NO. The molecule has 0 aromatic rings. The molecule has 1 fully saturated rings. The zero-order valence-corrected chi connectivity index (χ0v) is 11.6. The Morgan fingerprint density at radius 2 is 2.00 bits per heavy atom. The van der Waals surface area contributed by atoms with Gasteiger partial charge in [0.15, 0.2) is 0 Å². The van der Waals surface area contributed by atoms with Crippen molar-refractivity contribution in [3.63, 3.8) is 0 Å². The van der Waals surface area contributed by atoms with E-state index in [1.165, 1.54) is 12.8 Å². The van der Waals surface area contributed by atoms with Gasteiger partial charge in [0, 0.05) is 24.0 Å².